The van der Waals surface area contributed by atoms with Crippen molar-refractivity contribution in [3.63, 3.8) is 0 Å². The van der Waals surface area contributed by atoms with Crippen LogP contribution in [-0.4, -0.2) is 12.1 Å². The Kier molecular flexibility index (Phi) is 31.5. The van der Waals surface area contributed by atoms with Crippen LogP contribution in [0.1, 0.15) is 200 Å². The summed E-state index contributed by atoms with van der Waals surface area (Å²) in [5.41, 5.74) is 0. The van der Waals surface area contributed by atoms with Gasteiger partial charge in [0.05, 0.1) is 5.92 Å². The summed E-state index contributed by atoms with van der Waals surface area (Å²) in [5.74, 6) is -0.161. The molecule has 1 unspecified atom stereocenters. The van der Waals surface area contributed by atoms with Crippen molar-refractivity contribution >= 4 is 12.1 Å². The van der Waals surface area contributed by atoms with Crippen molar-refractivity contribution in [1.82, 2.24) is 0 Å². The van der Waals surface area contributed by atoms with Crippen LogP contribution >= 0.6 is 0 Å². The van der Waals surface area contributed by atoms with Crippen LogP contribution in [-0.2, 0) is 9.59 Å². The minimum Gasteiger partial charge on any atom is -0.303 e. The van der Waals surface area contributed by atoms with Gasteiger partial charge in [-0.05, 0) is 38.5 Å². The Labute approximate surface area is 239 Å². The third-order valence-electron chi connectivity index (χ3n) is 8.13. The number of rotatable bonds is 32. The average molecular weight is 533 g/mol. The Morgan fingerprint density at radius 2 is 0.816 bits per heavy atom. The Morgan fingerprint density at radius 3 is 1.21 bits per heavy atom. The number of aldehydes is 1. The first-order valence-corrected chi connectivity index (χ1v) is 17.4. The normalized spacial score (nSPS) is 12.4. The monoisotopic (exact) mass is 533 g/mol. The van der Waals surface area contributed by atoms with Crippen LogP contribution in [0.2, 0.25) is 0 Å². The molecule has 2 heteroatoms. The molecule has 0 aliphatic carbocycles. The van der Waals surface area contributed by atoms with Crippen molar-refractivity contribution in [2.45, 2.75) is 200 Å². The van der Waals surface area contributed by atoms with Crippen molar-refractivity contribution in [3.8, 4) is 0 Å². The standard InChI is InChI=1S/C36H68O2/c1-3-5-7-9-11-13-15-17-19-21-23-25-27-29-31-33-36(38)35(34-37)32-30-28-26-24-22-20-18-16-14-12-10-8-6-4-2/h18,20,34-35H,3-17,19,21-33H2,1-2H3/b20-18-. The number of hydrogen-bond donors (Lipinski definition) is 0. The molecule has 0 aromatic rings. The van der Waals surface area contributed by atoms with Crippen LogP contribution in [0.25, 0.3) is 0 Å². The largest absolute Gasteiger partial charge is 0.303 e. The lowest BCUT2D eigenvalue weighted by Gasteiger charge is -2.09. The number of hydrogen-bond acceptors (Lipinski definition) is 2. The predicted molar refractivity (Wildman–Crippen MR) is 169 cm³/mol. The minimum atomic E-state index is -0.348. The quantitative estimate of drug-likeness (QED) is 0.0373. The second kappa shape index (κ2) is 32.3. The zero-order valence-corrected chi connectivity index (χ0v) is 26.1. The van der Waals surface area contributed by atoms with Crippen LogP contribution < -0.4 is 0 Å². The number of carbonyl (C=O) groups is 2. The molecule has 0 heterocycles. The maximum Gasteiger partial charge on any atom is 0.143 e. The van der Waals surface area contributed by atoms with Gasteiger partial charge in [-0.2, -0.15) is 0 Å². The Balaban J connectivity index is 3.46. The molecule has 0 aliphatic heterocycles. The molecule has 224 valence electrons. The van der Waals surface area contributed by atoms with Crippen molar-refractivity contribution in [2.75, 3.05) is 0 Å². The van der Waals surface area contributed by atoms with E-state index in [0.29, 0.717) is 6.42 Å². The van der Waals surface area contributed by atoms with E-state index >= 15 is 0 Å². The summed E-state index contributed by atoms with van der Waals surface area (Å²) in [6, 6.07) is 0. The Bertz CT molecular complexity index is 509. The summed E-state index contributed by atoms with van der Waals surface area (Å²) in [4.78, 5) is 23.9. The van der Waals surface area contributed by atoms with Gasteiger partial charge in [-0.15, -0.1) is 0 Å². The molecule has 0 saturated carbocycles. The molecule has 0 aromatic heterocycles. The molecule has 1 atom stereocenters. The summed E-state index contributed by atoms with van der Waals surface area (Å²) in [6.45, 7) is 4.55. The zero-order valence-electron chi connectivity index (χ0n) is 26.1. The van der Waals surface area contributed by atoms with Gasteiger partial charge in [-0.25, -0.2) is 0 Å². The molecule has 0 fully saturated rings. The maximum atomic E-state index is 12.4. The van der Waals surface area contributed by atoms with Crippen molar-refractivity contribution in [1.29, 1.82) is 0 Å². The van der Waals surface area contributed by atoms with Gasteiger partial charge < -0.3 is 4.79 Å². The highest BCUT2D eigenvalue weighted by atomic mass is 16.1. The third kappa shape index (κ3) is 28.1. The minimum absolute atomic E-state index is 0.187. The highest BCUT2D eigenvalue weighted by molar-refractivity contribution is 5.93. The van der Waals surface area contributed by atoms with Gasteiger partial charge in [-0.3, -0.25) is 4.79 Å². The van der Waals surface area contributed by atoms with E-state index in [9.17, 15) is 9.59 Å². The van der Waals surface area contributed by atoms with Gasteiger partial charge in [0.15, 0.2) is 0 Å². The summed E-state index contributed by atoms with van der Waals surface area (Å²) in [7, 11) is 0. The Morgan fingerprint density at radius 1 is 0.474 bits per heavy atom. The Hall–Kier alpha value is -0.920. The van der Waals surface area contributed by atoms with Crippen LogP contribution in [0.4, 0.5) is 0 Å². The van der Waals surface area contributed by atoms with Gasteiger partial charge in [0.2, 0.25) is 0 Å². The van der Waals surface area contributed by atoms with Gasteiger partial charge in [0, 0.05) is 6.42 Å². The molecule has 2 nitrogen and oxygen atoms in total. The number of allylic oxidation sites excluding steroid dienone is 2. The number of unbranched alkanes of at least 4 members (excludes halogenated alkanes) is 24. The van der Waals surface area contributed by atoms with E-state index in [2.05, 4.69) is 26.0 Å². The topological polar surface area (TPSA) is 34.1 Å². The highest BCUT2D eigenvalue weighted by Crippen LogP contribution is 2.17. The van der Waals surface area contributed by atoms with E-state index < -0.39 is 0 Å². The summed E-state index contributed by atoms with van der Waals surface area (Å²) in [6.07, 6.45) is 42.2. The molecule has 0 aliphatic rings. The first-order valence-electron chi connectivity index (χ1n) is 17.4. The van der Waals surface area contributed by atoms with Gasteiger partial charge in [-0.1, -0.05) is 167 Å². The molecule has 0 radical (unpaired) electrons. The molecule has 0 N–H and O–H groups in total. The van der Waals surface area contributed by atoms with E-state index in [0.717, 1.165) is 38.4 Å². The van der Waals surface area contributed by atoms with Crippen LogP contribution in [0.5, 0.6) is 0 Å². The zero-order chi connectivity index (χ0) is 27.8. The van der Waals surface area contributed by atoms with Gasteiger partial charge in [0.1, 0.15) is 12.1 Å². The lowest BCUT2D eigenvalue weighted by molar-refractivity contribution is -0.127. The molecule has 0 aromatic carbocycles. The summed E-state index contributed by atoms with van der Waals surface area (Å²) in [5, 5.41) is 0. The van der Waals surface area contributed by atoms with Crippen LogP contribution in [0, 0.1) is 5.92 Å². The van der Waals surface area contributed by atoms with E-state index in [1.807, 2.05) is 0 Å². The van der Waals surface area contributed by atoms with Crippen molar-refractivity contribution < 1.29 is 9.59 Å². The van der Waals surface area contributed by atoms with E-state index in [4.69, 9.17) is 0 Å². The maximum absolute atomic E-state index is 12.4. The second-order valence-electron chi connectivity index (χ2n) is 11.9. The van der Waals surface area contributed by atoms with Crippen LogP contribution in [0.15, 0.2) is 12.2 Å². The van der Waals surface area contributed by atoms with E-state index in [1.165, 1.54) is 148 Å². The molecule has 0 rings (SSSR count). The molecule has 0 amide bonds. The van der Waals surface area contributed by atoms with Gasteiger partial charge >= 0.3 is 0 Å². The predicted octanol–water partition coefficient (Wildman–Crippen LogP) is 12.3. The summed E-state index contributed by atoms with van der Waals surface area (Å²) < 4.78 is 0. The number of carbonyl (C=O) groups excluding carboxylic acids is 2. The fourth-order valence-corrected chi connectivity index (χ4v) is 5.42. The fraction of sp³-hybridized carbons (Fsp3) is 0.889. The fourth-order valence-electron chi connectivity index (χ4n) is 5.42. The second-order valence-corrected chi connectivity index (χ2v) is 11.9. The molecular formula is C36H68O2. The third-order valence-corrected chi connectivity index (χ3v) is 8.13. The molecule has 0 saturated heterocycles. The lowest BCUT2D eigenvalue weighted by Crippen LogP contribution is -2.15. The molecular weight excluding hydrogens is 464 g/mol. The van der Waals surface area contributed by atoms with E-state index in [1.54, 1.807) is 0 Å². The smallest absolute Gasteiger partial charge is 0.143 e. The van der Waals surface area contributed by atoms with Gasteiger partial charge in [0.25, 0.3) is 0 Å². The van der Waals surface area contributed by atoms with E-state index in [-0.39, 0.29) is 11.7 Å². The highest BCUT2D eigenvalue weighted by Gasteiger charge is 2.16. The molecule has 0 bridgehead atoms. The first-order chi connectivity index (χ1) is 18.8. The molecule has 38 heavy (non-hydrogen) atoms. The molecule has 0 spiro atoms. The average Bonchev–Trinajstić information content (AvgIpc) is 2.93. The van der Waals surface area contributed by atoms with Crippen molar-refractivity contribution in [3.05, 3.63) is 12.2 Å². The van der Waals surface area contributed by atoms with Crippen molar-refractivity contribution in [2.24, 2.45) is 5.92 Å². The lowest BCUT2D eigenvalue weighted by atomic mass is 9.94. The van der Waals surface area contributed by atoms with Crippen LogP contribution in [0.3, 0.4) is 0 Å². The summed E-state index contributed by atoms with van der Waals surface area (Å²) >= 11 is 0. The SMILES string of the molecule is CCCCCCCC/C=C\CCCCCCC(C=O)C(=O)CCCCCCCCCCCCCCCCC. The first kappa shape index (κ1) is 37.1. The number of ketones is 1. The number of Topliss-reactive ketones (excluding diaryl/α,β-unsaturated/α-hetero) is 1.